The minimum absolute atomic E-state index is 0.0908. The molecule has 1 aliphatic carbocycles. The number of nitrogens with zero attached hydrogens (tertiary/aromatic N) is 2. The molecule has 0 amide bonds. The smallest absolute Gasteiger partial charge is 0.313 e. The Labute approximate surface area is 162 Å². The molecule has 0 saturated carbocycles. The minimum Gasteiger partial charge on any atom is -0.466 e. The van der Waals surface area contributed by atoms with Crippen LogP contribution in [0.15, 0.2) is 35.4 Å². The van der Waals surface area contributed by atoms with E-state index in [9.17, 15) is 14.9 Å². The first-order valence-corrected chi connectivity index (χ1v) is 9.94. The Kier molecular flexibility index (Phi) is 6.25. The van der Waals surface area contributed by atoms with Crippen LogP contribution in [0.5, 0.6) is 0 Å². The fraction of sp³-hybridized carbons (Fsp3) is 0.333. The summed E-state index contributed by atoms with van der Waals surface area (Å²) in [7, 11) is 0. The molecule has 27 heavy (non-hydrogen) atoms. The summed E-state index contributed by atoms with van der Waals surface area (Å²) in [6.07, 6.45) is 2.56. The van der Waals surface area contributed by atoms with Gasteiger partial charge in [0.05, 0.1) is 17.9 Å². The molecule has 2 aromatic rings. The van der Waals surface area contributed by atoms with E-state index in [1.807, 2.05) is 30.3 Å². The molecule has 0 bridgehead atoms. The number of carbonyl (C=O) groups is 2. The van der Waals surface area contributed by atoms with Crippen LogP contribution in [0.1, 0.15) is 36.6 Å². The van der Waals surface area contributed by atoms with Gasteiger partial charge in [0.1, 0.15) is 17.5 Å². The molecule has 0 atom stereocenters. The van der Waals surface area contributed by atoms with Crippen LogP contribution in [0.3, 0.4) is 0 Å². The lowest BCUT2D eigenvalue weighted by atomic mass is 9.95. The van der Waals surface area contributed by atoms with Gasteiger partial charge in [0.25, 0.3) is 0 Å². The molecule has 0 unspecified atom stereocenters. The van der Waals surface area contributed by atoms with E-state index in [0.29, 0.717) is 10.6 Å². The maximum absolute atomic E-state index is 12.1. The molecule has 1 heterocycles. The van der Waals surface area contributed by atoms with Crippen molar-refractivity contribution >= 4 is 23.5 Å². The maximum atomic E-state index is 12.1. The molecule has 0 radical (unpaired) electrons. The number of aryl methyl sites for hydroxylation is 1. The first-order chi connectivity index (χ1) is 13.1. The molecular weight excluding hydrogens is 360 g/mol. The fourth-order valence-electron chi connectivity index (χ4n) is 3.26. The highest BCUT2D eigenvalue weighted by atomic mass is 32.2. The molecular formula is C21H20N2O3S. The molecule has 5 nitrogen and oxygen atoms in total. The van der Waals surface area contributed by atoms with Crippen LogP contribution in [-0.4, -0.2) is 29.1 Å². The molecule has 6 heteroatoms. The zero-order valence-electron chi connectivity index (χ0n) is 15.2. The van der Waals surface area contributed by atoms with Crippen molar-refractivity contribution in [2.24, 2.45) is 0 Å². The summed E-state index contributed by atoms with van der Waals surface area (Å²) in [6, 6.07) is 12.1. The van der Waals surface area contributed by atoms with Gasteiger partial charge in [0, 0.05) is 11.3 Å². The molecule has 0 aliphatic heterocycles. The van der Waals surface area contributed by atoms with Crippen molar-refractivity contribution in [2.45, 2.75) is 37.6 Å². The fourth-order valence-corrected chi connectivity index (χ4v) is 4.13. The van der Waals surface area contributed by atoms with Crippen LogP contribution in [0.25, 0.3) is 11.1 Å². The van der Waals surface area contributed by atoms with Gasteiger partial charge in [-0.15, -0.1) is 0 Å². The lowest BCUT2D eigenvalue weighted by molar-refractivity contribution is -0.145. The molecule has 0 saturated heterocycles. The zero-order chi connectivity index (χ0) is 19.2. The summed E-state index contributed by atoms with van der Waals surface area (Å²) >= 11 is 1.22. The molecule has 0 spiro atoms. The van der Waals surface area contributed by atoms with Crippen LogP contribution < -0.4 is 0 Å². The Morgan fingerprint density at radius 2 is 2.04 bits per heavy atom. The largest absolute Gasteiger partial charge is 0.466 e. The lowest BCUT2D eigenvalue weighted by Gasteiger charge is -2.14. The number of pyridine rings is 1. The minimum atomic E-state index is -0.518. The number of fused-ring (bicyclic) bond motifs is 1. The Bertz CT molecular complexity index is 904. The highest BCUT2D eigenvalue weighted by Crippen LogP contribution is 2.38. The molecule has 1 aliphatic rings. The van der Waals surface area contributed by atoms with Gasteiger partial charge >= 0.3 is 5.97 Å². The molecule has 0 N–H and O–H groups in total. The quantitative estimate of drug-likeness (QED) is 0.414. The number of thioether (sulfide) groups is 1. The Morgan fingerprint density at radius 3 is 2.74 bits per heavy atom. The van der Waals surface area contributed by atoms with E-state index in [2.05, 4.69) is 11.1 Å². The van der Waals surface area contributed by atoms with E-state index in [4.69, 9.17) is 4.74 Å². The van der Waals surface area contributed by atoms with Crippen LogP contribution >= 0.6 is 11.8 Å². The number of carbonyl (C=O) groups excluding carboxylic acids is 2. The van der Waals surface area contributed by atoms with Crippen LogP contribution in [-0.2, 0) is 27.2 Å². The normalized spacial score (nSPS) is 12.3. The zero-order valence-corrected chi connectivity index (χ0v) is 16.0. The van der Waals surface area contributed by atoms with Crippen molar-refractivity contribution in [3.8, 4) is 17.2 Å². The number of benzene rings is 1. The number of hydrogen-bond acceptors (Lipinski definition) is 6. The van der Waals surface area contributed by atoms with E-state index < -0.39 is 5.97 Å². The van der Waals surface area contributed by atoms with Gasteiger partial charge < -0.3 is 4.74 Å². The summed E-state index contributed by atoms with van der Waals surface area (Å²) in [4.78, 5) is 28.2. The number of nitriles is 1. The van der Waals surface area contributed by atoms with Gasteiger partial charge in [-0.25, -0.2) is 4.98 Å². The van der Waals surface area contributed by atoms with Gasteiger partial charge in [-0.1, -0.05) is 42.1 Å². The van der Waals surface area contributed by atoms with Crippen molar-refractivity contribution in [3.63, 3.8) is 0 Å². The molecule has 3 rings (SSSR count). The number of aromatic nitrogens is 1. The van der Waals surface area contributed by atoms with E-state index in [1.54, 1.807) is 6.92 Å². The Balaban J connectivity index is 1.89. The molecule has 1 aromatic carbocycles. The van der Waals surface area contributed by atoms with Gasteiger partial charge in [0.15, 0.2) is 5.78 Å². The second kappa shape index (κ2) is 8.83. The topological polar surface area (TPSA) is 80.1 Å². The SMILES string of the molecule is CCOC(=O)CC(=O)CSc1nc2c(c(-c3ccccc3)c1C#N)CCC2. The lowest BCUT2D eigenvalue weighted by Crippen LogP contribution is -2.13. The van der Waals surface area contributed by atoms with E-state index in [1.165, 1.54) is 11.8 Å². The highest BCUT2D eigenvalue weighted by molar-refractivity contribution is 8.00. The van der Waals surface area contributed by atoms with E-state index in [0.717, 1.165) is 41.6 Å². The second-order valence-corrected chi connectivity index (χ2v) is 7.20. The van der Waals surface area contributed by atoms with Gasteiger partial charge in [-0.2, -0.15) is 5.26 Å². The molecule has 0 fully saturated rings. The number of ketones is 1. The standard InChI is InChI=1S/C21H20N2O3S/c1-2-26-19(25)11-15(24)13-27-21-17(12-22)20(14-7-4-3-5-8-14)16-9-6-10-18(16)23-21/h3-5,7-8H,2,6,9-11,13H2,1H3. The number of Topliss-reactive ketones (excluding diaryl/α,β-unsaturated/α-hetero) is 1. The summed E-state index contributed by atoms with van der Waals surface area (Å²) in [6.45, 7) is 1.96. The van der Waals surface area contributed by atoms with Gasteiger partial charge in [0.2, 0.25) is 0 Å². The van der Waals surface area contributed by atoms with Crippen LogP contribution in [0.4, 0.5) is 0 Å². The average Bonchev–Trinajstić information content (AvgIpc) is 3.14. The van der Waals surface area contributed by atoms with Crippen molar-refractivity contribution in [1.29, 1.82) is 5.26 Å². The third kappa shape index (κ3) is 4.37. The van der Waals surface area contributed by atoms with E-state index in [-0.39, 0.29) is 24.6 Å². The van der Waals surface area contributed by atoms with Crippen molar-refractivity contribution in [2.75, 3.05) is 12.4 Å². The predicted octanol–water partition coefficient (Wildman–Crippen LogP) is 3.72. The van der Waals surface area contributed by atoms with Crippen molar-refractivity contribution in [1.82, 2.24) is 4.98 Å². The first-order valence-electron chi connectivity index (χ1n) is 8.95. The number of ether oxygens (including phenoxy) is 1. The second-order valence-electron chi connectivity index (χ2n) is 6.23. The highest BCUT2D eigenvalue weighted by Gasteiger charge is 2.24. The molecule has 1 aromatic heterocycles. The summed E-state index contributed by atoms with van der Waals surface area (Å²) in [5, 5.41) is 10.4. The van der Waals surface area contributed by atoms with E-state index >= 15 is 0 Å². The Hall–Kier alpha value is -2.65. The van der Waals surface area contributed by atoms with Gasteiger partial charge in [-0.05, 0) is 37.3 Å². The monoisotopic (exact) mass is 380 g/mol. The average molecular weight is 380 g/mol. The van der Waals surface area contributed by atoms with Crippen molar-refractivity contribution < 1.29 is 14.3 Å². The number of esters is 1. The number of hydrogen-bond donors (Lipinski definition) is 0. The third-order valence-corrected chi connectivity index (χ3v) is 5.42. The third-order valence-electron chi connectivity index (χ3n) is 4.38. The Morgan fingerprint density at radius 1 is 1.26 bits per heavy atom. The first kappa shape index (κ1) is 19.1. The van der Waals surface area contributed by atoms with Crippen LogP contribution in [0.2, 0.25) is 0 Å². The summed E-state index contributed by atoms with van der Waals surface area (Å²) in [5.74, 6) is -0.658. The summed E-state index contributed by atoms with van der Waals surface area (Å²) in [5.41, 5.74) is 4.58. The van der Waals surface area contributed by atoms with Gasteiger partial charge in [-0.3, -0.25) is 9.59 Å². The summed E-state index contributed by atoms with van der Waals surface area (Å²) < 4.78 is 4.81. The van der Waals surface area contributed by atoms with Crippen LogP contribution in [0, 0.1) is 11.3 Å². The maximum Gasteiger partial charge on any atom is 0.313 e. The van der Waals surface area contributed by atoms with Crippen molar-refractivity contribution in [3.05, 3.63) is 47.2 Å². The predicted molar refractivity (Wildman–Crippen MR) is 103 cm³/mol. The number of rotatable bonds is 7. The molecule has 138 valence electrons.